The van der Waals surface area contributed by atoms with E-state index in [0.29, 0.717) is 24.2 Å². The van der Waals surface area contributed by atoms with Gasteiger partial charge in [0.15, 0.2) is 0 Å². The van der Waals surface area contributed by atoms with Crippen molar-refractivity contribution < 1.29 is 9.90 Å². The molecule has 0 saturated heterocycles. The predicted octanol–water partition coefficient (Wildman–Crippen LogP) is 3.25. The first-order valence-corrected chi connectivity index (χ1v) is 7.76. The highest BCUT2D eigenvalue weighted by molar-refractivity contribution is 5.92. The predicted molar refractivity (Wildman–Crippen MR) is 85.4 cm³/mol. The van der Waals surface area contributed by atoms with Crippen LogP contribution in [0.15, 0.2) is 12.1 Å². The number of phenols is 1. The van der Waals surface area contributed by atoms with Gasteiger partial charge in [-0.1, -0.05) is 25.3 Å². The third-order valence-electron chi connectivity index (χ3n) is 4.79. The second kappa shape index (κ2) is 6.48. The molecule has 1 saturated carbocycles. The third kappa shape index (κ3) is 3.56. The number of phenolic OH excluding ortho intramolecular Hbond substituents is 1. The van der Waals surface area contributed by atoms with Gasteiger partial charge in [-0.15, -0.1) is 0 Å². The average Bonchev–Trinajstić information content (AvgIpc) is 2.49. The van der Waals surface area contributed by atoms with Crippen LogP contribution in [0.1, 0.15) is 49.7 Å². The molecular weight excluding hydrogens is 264 g/mol. The summed E-state index contributed by atoms with van der Waals surface area (Å²) in [5.74, 6) is 0.243. The van der Waals surface area contributed by atoms with E-state index in [0.717, 1.165) is 31.2 Å². The van der Waals surface area contributed by atoms with Gasteiger partial charge in [0.2, 0.25) is 5.91 Å². The zero-order valence-electron chi connectivity index (χ0n) is 13.0. The van der Waals surface area contributed by atoms with E-state index in [9.17, 15) is 9.90 Å². The highest BCUT2D eigenvalue weighted by Gasteiger charge is 2.33. The maximum absolute atomic E-state index is 12.3. The highest BCUT2D eigenvalue weighted by Crippen LogP contribution is 2.38. The van der Waals surface area contributed by atoms with Crippen LogP contribution in [-0.2, 0) is 4.79 Å². The van der Waals surface area contributed by atoms with E-state index in [1.54, 1.807) is 0 Å². The standard InChI is InChI=1S/C17H26N2O2/c1-12-6-7-14(13(2)16(12)21)19-15(20)10-17(11-18)8-4-3-5-9-17/h6-7,21H,3-5,8-11,18H2,1-2H3,(H,19,20). The molecule has 1 aliphatic carbocycles. The molecule has 0 heterocycles. The Balaban J connectivity index is 2.06. The van der Waals surface area contributed by atoms with E-state index in [2.05, 4.69) is 5.32 Å². The van der Waals surface area contributed by atoms with Gasteiger partial charge in [0.1, 0.15) is 5.75 Å². The van der Waals surface area contributed by atoms with Crippen molar-refractivity contribution in [3.8, 4) is 5.75 Å². The van der Waals surface area contributed by atoms with Gasteiger partial charge in [0, 0.05) is 17.7 Å². The molecule has 1 fully saturated rings. The fraction of sp³-hybridized carbons (Fsp3) is 0.588. The van der Waals surface area contributed by atoms with E-state index >= 15 is 0 Å². The Morgan fingerprint density at radius 1 is 1.29 bits per heavy atom. The Bertz CT molecular complexity index is 520. The number of carbonyl (C=O) groups excluding carboxylic acids is 1. The van der Waals surface area contributed by atoms with Crippen molar-refractivity contribution >= 4 is 11.6 Å². The second-order valence-corrected chi connectivity index (χ2v) is 6.39. The molecule has 0 unspecified atom stereocenters. The fourth-order valence-corrected chi connectivity index (χ4v) is 3.26. The number of aryl methyl sites for hydroxylation is 1. The molecule has 2 rings (SSSR count). The molecule has 1 amide bonds. The molecule has 116 valence electrons. The zero-order chi connectivity index (χ0) is 15.5. The van der Waals surface area contributed by atoms with Crippen molar-refractivity contribution in [2.75, 3.05) is 11.9 Å². The quantitative estimate of drug-likeness (QED) is 0.796. The highest BCUT2D eigenvalue weighted by atomic mass is 16.3. The molecule has 4 nitrogen and oxygen atoms in total. The van der Waals surface area contributed by atoms with Gasteiger partial charge in [-0.3, -0.25) is 4.79 Å². The summed E-state index contributed by atoms with van der Waals surface area (Å²) < 4.78 is 0. The molecule has 4 heteroatoms. The molecular formula is C17H26N2O2. The summed E-state index contributed by atoms with van der Waals surface area (Å²) in [6, 6.07) is 3.66. The lowest BCUT2D eigenvalue weighted by atomic mass is 9.71. The van der Waals surface area contributed by atoms with E-state index < -0.39 is 0 Å². The minimum Gasteiger partial charge on any atom is -0.507 e. The molecule has 21 heavy (non-hydrogen) atoms. The smallest absolute Gasteiger partial charge is 0.224 e. The van der Waals surface area contributed by atoms with Crippen molar-refractivity contribution in [1.29, 1.82) is 0 Å². The number of amides is 1. The lowest BCUT2D eigenvalue weighted by Crippen LogP contribution is -2.36. The summed E-state index contributed by atoms with van der Waals surface area (Å²) in [6.07, 6.45) is 6.11. The summed E-state index contributed by atoms with van der Waals surface area (Å²) in [5, 5.41) is 12.9. The summed E-state index contributed by atoms with van der Waals surface area (Å²) in [6.45, 7) is 4.23. The van der Waals surface area contributed by atoms with Crippen molar-refractivity contribution in [2.45, 2.75) is 52.4 Å². The van der Waals surface area contributed by atoms with Gasteiger partial charge in [-0.05, 0) is 50.3 Å². The van der Waals surface area contributed by atoms with Crippen molar-refractivity contribution in [3.63, 3.8) is 0 Å². The second-order valence-electron chi connectivity index (χ2n) is 6.39. The normalized spacial score (nSPS) is 17.5. The lowest BCUT2D eigenvalue weighted by molar-refractivity contribution is -0.118. The van der Waals surface area contributed by atoms with E-state index in [-0.39, 0.29) is 17.1 Å². The number of hydrogen-bond donors (Lipinski definition) is 3. The van der Waals surface area contributed by atoms with Gasteiger partial charge in [0.25, 0.3) is 0 Å². The SMILES string of the molecule is Cc1ccc(NC(=O)CC2(CN)CCCCC2)c(C)c1O. The number of carbonyl (C=O) groups is 1. The third-order valence-corrected chi connectivity index (χ3v) is 4.79. The van der Waals surface area contributed by atoms with Crippen LogP contribution >= 0.6 is 0 Å². The molecule has 1 aromatic rings. The Hall–Kier alpha value is -1.55. The van der Waals surface area contributed by atoms with E-state index in [4.69, 9.17) is 5.73 Å². The summed E-state index contributed by atoms with van der Waals surface area (Å²) >= 11 is 0. The number of benzene rings is 1. The molecule has 0 aromatic heterocycles. The average molecular weight is 290 g/mol. The van der Waals surface area contributed by atoms with Crippen LogP contribution in [0.3, 0.4) is 0 Å². The van der Waals surface area contributed by atoms with Crippen molar-refractivity contribution in [3.05, 3.63) is 23.3 Å². The molecule has 0 bridgehead atoms. The van der Waals surface area contributed by atoms with Crippen LogP contribution in [0, 0.1) is 19.3 Å². The van der Waals surface area contributed by atoms with Crippen molar-refractivity contribution in [2.24, 2.45) is 11.1 Å². The van der Waals surface area contributed by atoms with Crippen LogP contribution in [-0.4, -0.2) is 17.6 Å². The summed E-state index contributed by atoms with van der Waals surface area (Å²) in [5.41, 5.74) is 8.11. The summed E-state index contributed by atoms with van der Waals surface area (Å²) in [7, 11) is 0. The van der Waals surface area contributed by atoms with Gasteiger partial charge in [0.05, 0.1) is 0 Å². The number of hydrogen-bond acceptors (Lipinski definition) is 3. The van der Waals surface area contributed by atoms with Gasteiger partial charge in [-0.2, -0.15) is 0 Å². The molecule has 1 aliphatic rings. The topological polar surface area (TPSA) is 75.4 Å². The van der Waals surface area contributed by atoms with Crippen LogP contribution in [0.5, 0.6) is 5.75 Å². The molecule has 0 radical (unpaired) electrons. The first-order chi connectivity index (χ1) is 9.97. The van der Waals surface area contributed by atoms with Gasteiger partial charge in [-0.25, -0.2) is 0 Å². The molecule has 0 atom stereocenters. The molecule has 0 aliphatic heterocycles. The fourth-order valence-electron chi connectivity index (χ4n) is 3.26. The number of nitrogens with two attached hydrogens (primary N) is 1. The Labute approximate surface area is 126 Å². The first kappa shape index (κ1) is 15.8. The van der Waals surface area contributed by atoms with Crippen LogP contribution in [0.25, 0.3) is 0 Å². The maximum Gasteiger partial charge on any atom is 0.224 e. The minimum absolute atomic E-state index is 0.00583. The summed E-state index contributed by atoms with van der Waals surface area (Å²) in [4.78, 5) is 12.3. The Kier molecular flexibility index (Phi) is 4.88. The van der Waals surface area contributed by atoms with E-state index in [1.807, 2.05) is 26.0 Å². The molecule has 1 aromatic carbocycles. The Morgan fingerprint density at radius 3 is 2.57 bits per heavy atom. The first-order valence-electron chi connectivity index (χ1n) is 7.76. The number of rotatable bonds is 4. The van der Waals surface area contributed by atoms with Crippen LogP contribution in [0.4, 0.5) is 5.69 Å². The monoisotopic (exact) mass is 290 g/mol. The van der Waals surface area contributed by atoms with Gasteiger partial charge >= 0.3 is 0 Å². The lowest BCUT2D eigenvalue weighted by Gasteiger charge is -2.35. The zero-order valence-corrected chi connectivity index (χ0v) is 13.0. The molecule has 0 spiro atoms. The number of aromatic hydroxyl groups is 1. The largest absolute Gasteiger partial charge is 0.507 e. The number of nitrogens with one attached hydrogen (secondary N) is 1. The minimum atomic E-state index is -0.0387. The number of anilines is 1. The van der Waals surface area contributed by atoms with Gasteiger partial charge < -0.3 is 16.2 Å². The van der Waals surface area contributed by atoms with E-state index in [1.165, 1.54) is 6.42 Å². The maximum atomic E-state index is 12.3. The van der Waals surface area contributed by atoms with Crippen LogP contribution < -0.4 is 11.1 Å². The molecule has 4 N–H and O–H groups in total. The Morgan fingerprint density at radius 2 is 1.95 bits per heavy atom. The van der Waals surface area contributed by atoms with Crippen molar-refractivity contribution in [1.82, 2.24) is 0 Å². The van der Waals surface area contributed by atoms with Crippen LogP contribution in [0.2, 0.25) is 0 Å².